The summed E-state index contributed by atoms with van der Waals surface area (Å²) in [5, 5.41) is 0. The van der Waals surface area contributed by atoms with Crippen molar-refractivity contribution in [2.45, 2.75) is 19.8 Å². The molecule has 0 bridgehead atoms. The van der Waals surface area contributed by atoms with E-state index in [2.05, 4.69) is 53.0 Å². The Morgan fingerprint density at radius 2 is 2.06 bits per heavy atom. The number of ether oxygens (including phenoxy) is 1. The Hall–Kier alpha value is -1.29. The minimum Gasteiger partial charge on any atom is -0.496 e. The zero-order valence-electron chi connectivity index (χ0n) is 11.1. The fourth-order valence-electron chi connectivity index (χ4n) is 1.86. The molecule has 0 N–H and O–H groups in total. The highest BCUT2D eigenvalue weighted by Crippen LogP contribution is 2.35. The predicted molar refractivity (Wildman–Crippen MR) is 77.0 cm³/mol. The topological polar surface area (TPSA) is 27.1 Å². The molecule has 0 fully saturated rings. The van der Waals surface area contributed by atoms with Crippen LogP contribution in [0.5, 0.6) is 5.75 Å². The second-order valence-electron chi connectivity index (χ2n) is 4.61. The van der Waals surface area contributed by atoms with Crippen LogP contribution in [0.1, 0.15) is 25.3 Å². The van der Waals surface area contributed by atoms with Gasteiger partial charge in [-0.25, -0.2) is 4.98 Å². The molecule has 2 rings (SSSR count). The van der Waals surface area contributed by atoms with Crippen LogP contribution in [0.15, 0.2) is 29.1 Å². The summed E-state index contributed by atoms with van der Waals surface area (Å²) in [6.45, 7) is 4.34. The average molecular weight is 309 g/mol. The summed E-state index contributed by atoms with van der Waals surface area (Å²) in [4.78, 5) is 4.40. The van der Waals surface area contributed by atoms with E-state index in [0.29, 0.717) is 5.92 Å². The molecule has 0 saturated carbocycles. The highest BCUT2D eigenvalue weighted by atomic mass is 79.9. The van der Waals surface area contributed by atoms with E-state index >= 15 is 0 Å². The van der Waals surface area contributed by atoms with Gasteiger partial charge in [-0.05, 0) is 39.5 Å². The van der Waals surface area contributed by atoms with Gasteiger partial charge in [0.25, 0.3) is 0 Å². The Labute approximate surface area is 116 Å². The molecule has 96 valence electrons. The van der Waals surface area contributed by atoms with Crippen molar-refractivity contribution >= 4 is 15.9 Å². The molecule has 0 aliphatic carbocycles. The maximum Gasteiger partial charge on any atom is 0.128 e. The number of hydrogen-bond acceptors (Lipinski definition) is 2. The van der Waals surface area contributed by atoms with Gasteiger partial charge >= 0.3 is 0 Å². The van der Waals surface area contributed by atoms with Crippen LogP contribution in [0.4, 0.5) is 0 Å². The summed E-state index contributed by atoms with van der Waals surface area (Å²) in [5.41, 5.74) is 3.18. The van der Waals surface area contributed by atoms with Crippen LogP contribution in [-0.2, 0) is 7.05 Å². The summed E-state index contributed by atoms with van der Waals surface area (Å²) in [5.74, 6) is 1.35. The molecule has 1 aromatic heterocycles. The molecule has 0 radical (unpaired) electrons. The molecule has 0 atom stereocenters. The van der Waals surface area contributed by atoms with Gasteiger partial charge in [0.05, 0.1) is 13.4 Å². The predicted octanol–water partition coefficient (Wildman–Crippen LogP) is 3.98. The van der Waals surface area contributed by atoms with Crippen molar-refractivity contribution in [1.29, 1.82) is 0 Å². The van der Waals surface area contributed by atoms with Crippen molar-refractivity contribution in [3.63, 3.8) is 0 Å². The fraction of sp³-hybridized carbons (Fsp3) is 0.357. The number of halogens is 1. The smallest absolute Gasteiger partial charge is 0.128 e. The molecule has 3 nitrogen and oxygen atoms in total. The number of aromatic nitrogens is 2. The summed E-state index contributed by atoms with van der Waals surface area (Å²) in [6, 6.07) is 6.28. The molecule has 0 aliphatic heterocycles. The van der Waals surface area contributed by atoms with Gasteiger partial charge in [-0.15, -0.1) is 0 Å². The normalized spacial score (nSPS) is 11.0. The maximum atomic E-state index is 5.48. The Morgan fingerprint density at radius 1 is 1.33 bits per heavy atom. The molecule has 0 saturated heterocycles. The minimum atomic E-state index is 0.486. The Morgan fingerprint density at radius 3 is 2.56 bits per heavy atom. The third-order valence-electron chi connectivity index (χ3n) is 3.01. The first kappa shape index (κ1) is 13.1. The first-order valence-corrected chi connectivity index (χ1v) is 6.69. The average Bonchev–Trinajstić information content (AvgIpc) is 2.69. The van der Waals surface area contributed by atoms with Crippen LogP contribution >= 0.6 is 15.9 Å². The van der Waals surface area contributed by atoms with E-state index in [9.17, 15) is 0 Å². The highest BCUT2D eigenvalue weighted by Gasteiger charge is 2.14. The SMILES string of the molecule is COc1cc(C(C)C)ccc1-c1ncn(C)c1Br. The van der Waals surface area contributed by atoms with E-state index in [0.717, 1.165) is 21.6 Å². The summed E-state index contributed by atoms with van der Waals surface area (Å²) >= 11 is 3.54. The molecular weight excluding hydrogens is 292 g/mol. The summed E-state index contributed by atoms with van der Waals surface area (Å²) < 4.78 is 8.38. The van der Waals surface area contributed by atoms with E-state index < -0.39 is 0 Å². The zero-order chi connectivity index (χ0) is 13.3. The van der Waals surface area contributed by atoms with Gasteiger partial charge in [-0.2, -0.15) is 0 Å². The second kappa shape index (κ2) is 5.14. The molecule has 0 amide bonds. The molecular formula is C14H17BrN2O. The number of imidazole rings is 1. The molecule has 18 heavy (non-hydrogen) atoms. The number of benzene rings is 1. The Kier molecular flexibility index (Phi) is 3.76. The van der Waals surface area contributed by atoms with E-state index in [1.165, 1.54) is 5.56 Å². The quantitative estimate of drug-likeness (QED) is 0.857. The monoisotopic (exact) mass is 308 g/mol. The molecule has 2 aromatic rings. The number of rotatable bonds is 3. The van der Waals surface area contributed by atoms with Crippen molar-refractivity contribution in [2.24, 2.45) is 7.05 Å². The molecule has 1 heterocycles. The van der Waals surface area contributed by atoms with E-state index in [1.807, 2.05) is 11.6 Å². The van der Waals surface area contributed by atoms with Gasteiger partial charge in [0.2, 0.25) is 0 Å². The number of aryl methyl sites for hydroxylation is 1. The lowest BCUT2D eigenvalue weighted by atomic mass is 10.00. The van der Waals surface area contributed by atoms with Gasteiger partial charge in [0.15, 0.2) is 0 Å². The highest BCUT2D eigenvalue weighted by molar-refractivity contribution is 9.10. The zero-order valence-corrected chi connectivity index (χ0v) is 12.7. The molecule has 0 aliphatic rings. The Bertz CT molecular complexity index is 561. The first-order valence-electron chi connectivity index (χ1n) is 5.89. The van der Waals surface area contributed by atoms with Gasteiger partial charge in [0.1, 0.15) is 16.0 Å². The van der Waals surface area contributed by atoms with Crippen LogP contribution < -0.4 is 4.74 Å². The standard InChI is InChI=1S/C14H17BrN2O/c1-9(2)10-5-6-11(12(7-10)18-4)13-14(15)17(3)8-16-13/h5-9H,1-4H3. The van der Waals surface area contributed by atoms with Gasteiger partial charge in [-0.1, -0.05) is 19.9 Å². The first-order chi connectivity index (χ1) is 8.54. The van der Waals surface area contributed by atoms with Crippen LogP contribution in [0.3, 0.4) is 0 Å². The van der Waals surface area contributed by atoms with E-state index in [4.69, 9.17) is 4.74 Å². The lowest BCUT2D eigenvalue weighted by Gasteiger charge is -2.11. The van der Waals surface area contributed by atoms with Crippen LogP contribution in [0.2, 0.25) is 0 Å². The van der Waals surface area contributed by atoms with Crippen molar-refractivity contribution in [3.05, 3.63) is 34.7 Å². The molecule has 1 aromatic carbocycles. The third-order valence-corrected chi connectivity index (χ3v) is 3.95. The summed E-state index contributed by atoms with van der Waals surface area (Å²) in [7, 11) is 3.65. The maximum absolute atomic E-state index is 5.48. The van der Waals surface area contributed by atoms with E-state index in [-0.39, 0.29) is 0 Å². The Balaban J connectivity index is 2.54. The second-order valence-corrected chi connectivity index (χ2v) is 5.36. The lowest BCUT2D eigenvalue weighted by molar-refractivity contribution is 0.415. The van der Waals surface area contributed by atoms with Gasteiger partial charge in [-0.3, -0.25) is 0 Å². The van der Waals surface area contributed by atoms with Crippen molar-refractivity contribution in [3.8, 4) is 17.0 Å². The molecule has 0 unspecified atom stereocenters. The molecule has 4 heteroatoms. The lowest BCUT2D eigenvalue weighted by Crippen LogP contribution is -1.93. The minimum absolute atomic E-state index is 0.486. The summed E-state index contributed by atoms with van der Waals surface area (Å²) in [6.07, 6.45) is 1.79. The van der Waals surface area contributed by atoms with Crippen molar-refractivity contribution in [1.82, 2.24) is 9.55 Å². The number of hydrogen-bond donors (Lipinski definition) is 0. The largest absolute Gasteiger partial charge is 0.496 e. The number of nitrogens with zero attached hydrogens (tertiary/aromatic N) is 2. The van der Waals surface area contributed by atoms with Crippen LogP contribution in [0, 0.1) is 0 Å². The van der Waals surface area contributed by atoms with Crippen LogP contribution in [-0.4, -0.2) is 16.7 Å². The van der Waals surface area contributed by atoms with E-state index in [1.54, 1.807) is 13.4 Å². The van der Waals surface area contributed by atoms with Crippen LogP contribution in [0.25, 0.3) is 11.3 Å². The van der Waals surface area contributed by atoms with Crippen molar-refractivity contribution < 1.29 is 4.74 Å². The fourth-order valence-corrected chi connectivity index (χ4v) is 2.27. The molecule has 0 spiro atoms. The van der Waals surface area contributed by atoms with Crippen molar-refractivity contribution in [2.75, 3.05) is 7.11 Å². The third kappa shape index (κ3) is 2.29. The van der Waals surface area contributed by atoms with Gasteiger partial charge < -0.3 is 9.30 Å². The van der Waals surface area contributed by atoms with Gasteiger partial charge in [0, 0.05) is 12.6 Å². The number of methoxy groups -OCH3 is 1.